The first-order valence-corrected chi connectivity index (χ1v) is 6.76. The second kappa shape index (κ2) is 6.95. The van der Waals surface area contributed by atoms with Gasteiger partial charge in [-0.15, -0.1) is 0 Å². The molecule has 110 valence electrons. The fourth-order valence-electron chi connectivity index (χ4n) is 2.09. The fraction of sp³-hybridized carbons (Fsp3) is 0.250. The largest absolute Gasteiger partial charge is 0.310 e. The average Bonchev–Trinajstić information content (AvgIpc) is 2.48. The van der Waals surface area contributed by atoms with Crippen LogP contribution in [0.1, 0.15) is 18.1 Å². The minimum absolute atomic E-state index is 0.0816. The van der Waals surface area contributed by atoms with Crippen molar-refractivity contribution in [3.05, 3.63) is 75.6 Å². The predicted octanol–water partition coefficient (Wildman–Crippen LogP) is 3.45. The molecule has 2 aromatic carbocycles. The van der Waals surface area contributed by atoms with Crippen LogP contribution in [0, 0.1) is 15.9 Å². The van der Waals surface area contributed by atoms with E-state index in [1.165, 1.54) is 18.2 Å². The van der Waals surface area contributed by atoms with Crippen molar-refractivity contribution in [3.63, 3.8) is 0 Å². The SMILES string of the molecule is CC(Cc1ccccc1F)NCc1ccc([N+](=O)[O-])cc1. The van der Waals surface area contributed by atoms with Crippen LogP contribution in [0.5, 0.6) is 0 Å². The van der Waals surface area contributed by atoms with Crippen molar-refractivity contribution in [1.82, 2.24) is 5.32 Å². The average molecular weight is 288 g/mol. The van der Waals surface area contributed by atoms with E-state index in [4.69, 9.17) is 0 Å². The van der Waals surface area contributed by atoms with Crippen LogP contribution in [-0.4, -0.2) is 11.0 Å². The third-order valence-electron chi connectivity index (χ3n) is 3.29. The quantitative estimate of drug-likeness (QED) is 0.654. The second-order valence-corrected chi connectivity index (χ2v) is 5.00. The highest BCUT2D eigenvalue weighted by Gasteiger charge is 2.08. The van der Waals surface area contributed by atoms with E-state index in [9.17, 15) is 14.5 Å². The summed E-state index contributed by atoms with van der Waals surface area (Å²) in [5.74, 6) is -0.193. The summed E-state index contributed by atoms with van der Waals surface area (Å²) in [4.78, 5) is 10.1. The Balaban J connectivity index is 1.88. The smallest absolute Gasteiger partial charge is 0.269 e. The van der Waals surface area contributed by atoms with Crippen LogP contribution in [0.4, 0.5) is 10.1 Å². The molecule has 0 aliphatic heterocycles. The molecule has 1 N–H and O–H groups in total. The number of halogens is 1. The van der Waals surface area contributed by atoms with Gasteiger partial charge >= 0.3 is 0 Å². The maximum atomic E-state index is 13.5. The molecule has 0 saturated carbocycles. The molecule has 4 nitrogen and oxygen atoms in total. The van der Waals surface area contributed by atoms with Crippen molar-refractivity contribution in [2.75, 3.05) is 0 Å². The third-order valence-corrected chi connectivity index (χ3v) is 3.29. The fourth-order valence-corrected chi connectivity index (χ4v) is 2.09. The third kappa shape index (κ3) is 4.36. The Labute approximate surface area is 122 Å². The minimum atomic E-state index is -0.419. The Morgan fingerprint density at radius 2 is 1.86 bits per heavy atom. The van der Waals surface area contributed by atoms with Crippen LogP contribution in [0.15, 0.2) is 48.5 Å². The van der Waals surface area contributed by atoms with Gasteiger partial charge in [-0.3, -0.25) is 10.1 Å². The number of hydrogen-bond acceptors (Lipinski definition) is 3. The van der Waals surface area contributed by atoms with E-state index in [0.717, 1.165) is 5.56 Å². The highest BCUT2D eigenvalue weighted by Crippen LogP contribution is 2.13. The molecule has 1 unspecified atom stereocenters. The summed E-state index contributed by atoms with van der Waals surface area (Å²) in [6.07, 6.45) is 0.597. The Kier molecular flexibility index (Phi) is 5.00. The number of nitrogens with one attached hydrogen (secondary N) is 1. The van der Waals surface area contributed by atoms with Gasteiger partial charge in [0.15, 0.2) is 0 Å². The molecule has 0 aliphatic rings. The lowest BCUT2D eigenvalue weighted by molar-refractivity contribution is -0.384. The number of nitro groups is 1. The first kappa shape index (κ1) is 15.1. The highest BCUT2D eigenvalue weighted by molar-refractivity contribution is 5.32. The molecule has 2 rings (SSSR count). The van der Waals surface area contributed by atoms with Crippen molar-refractivity contribution in [2.45, 2.75) is 25.9 Å². The van der Waals surface area contributed by atoms with Gasteiger partial charge in [-0.25, -0.2) is 4.39 Å². The summed E-state index contributed by atoms with van der Waals surface area (Å²) >= 11 is 0. The van der Waals surface area contributed by atoms with Gasteiger partial charge in [0.05, 0.1) is 4.92 Å². The zero-order chi connectivity index (χ0) is 15.2. The van der Waals surface area contributed by atoms with E-state index in [2.05, 4.69) is 5.32 Å². The van der Waals surface area contributed by atoms with Gasteiger partial charge < -0.3 is 5.32 Å². The lowest BCUT2D eigenvalue weighted by Gasteiger charge is -2.14. The summed E-state index contributed by atoms with van der Waals surface area (Å²) in [5, 5.41) is 13.9. The molecule has 0 radical (unpaired) electrons. The Morgan fingerprint density at radius 1 is 1.19 bits per heavy atom. The standard InChI is InChI=1S/C16H17FN2O2/c1-12(10-14-4-2-3-5-16(14)17)18-11-13-6-8-15(9-7-13)19(20)21/h2-9,12,18H,10-11H2,1H3. The molecule has 0 bridgehead atoms. The van der Waals surface area contributed by atoms with Crippen molar-refractivity contribution in [3.8, 4) is 0 Å². The summed E-state index contributed by atoms with van der Waals surface area (Å²) in [5.41, 5.74) is 1.72. The lowest BCUT2D eigenvalue weighted by Crippen LogP contribution is -2.27. The monoisotopic (exact) mass is 288 g/mol. The molecular weight excluding hydrogens is 271 g/mol. The van der Waals surface area contributed by atoms with Gasteiger partial charge in [0.25, 0.3) is 5.69 Å². The van der Waals surface area contributed by atoms with Crippen LogP contribution in [0.2, 0.25) is 0 Å². The molecule has 0 saturated heterocycles. The minimum Gasteiger partial charge on any atom is -0.310 e. The number of non-ortho nitro benzene ring substituents is 1. The van der Waals surface area contributed by atoms with Crippen molar-refractivity contribution < 1.29 is 9.31 Å². The van der Waals surface area contributed by atoms with Gasteiger partial charge in [-0.05, 0) is 30.5 Å². The van der Waals surface area contributed by atoms with Crippen molar-refractivity contribution >= 4 is 5.69 Å². The van der Waals surface area contributed by atoms with E-state index in [1.54, 1.807) is 24.3 Å². The molecule has 0 spiro atoms. The van der Waals surface area contributed by atoms with E-state index in [1.807, 2.05) is 13.0 Å². The topological polar surface area (TPSA) is 55.2 Å². The van der Waals surface area contributed by atoms with Crippen LogP contribution >= 0.6 is 0 Å². The molecule has 0 fully saturated rings. The predicted molar refractivity (Wildman–Crippen MR) is 79.5 cm³/mol. The molecule has 0 amide bonds. The van der Waals surface area contributed by atoms with Gasteiger partial charge in [-0.2, -0.15) is 0 Å². The first-order valence-electron chi connectivity index (χ1n) is 6.76. The molecule has 0 aliphatic carbocycles. The summed E-state index contributed by atoms with van der Waals surface area (Å²) in [6.45, 7) is 2.57. The lowest BCUT2D eigenvalue weighted by atomic mass is 10.1. The molecule has 2 aromatic rings. The first-order chi connectivity index (χ1) is 10.1. The molecule has 1 atom stereocenters. The zero-order valence-corrected chi connectivity index (χ0v) is 11.8. The van der Waals surface area contributed by atoms with Gasteiger partial charge in [0, 0.05) is 24.7 Å². The molecule has 0 heterocycles. The number of benzene rings is 2. The van der Waals surface area contributed by atoms with Crippen LogP contribution in [0.25, 0.3) is 0 Å². The van der Waals surface area contributed by atoms with Crippen LogP contribution in [0.3, 0.4) is 0 Å². The van der Waals surface area contributed by atoms with Crippen LogP contribution < -0.4 is 5.32 Å². The maximum absolute atomic E-state index is 13.5. The number of nitrogens with zero attached hydrogens (tertiary/aromatic N) is 1. The Morgan fingerprint density at radius 3 is 2.48 bits per heavy atom. The molecule has 21 heavy (non-hydrogen) atoms. The zero-order valence-electron chi connectivity index (χ0n) is 11.8. The van der Waals surface area contributed by atoms with E-state index < -0.39 is 4.92 Å². The number of rotatable bonds is 6. The second-order valence-electron chi connectivity index (χ2n) is 5.00. The highest BCUT2D eigenvalue weighted by atomic mass is 19.1. The van der Waals surface area contributed by atoms with Crippen LogP contribution in [-0.2, 0) is 13.0 Å². The van der Waals surface area contributed by atoms with Gasteiger partial charge in [0.2, 0.25) is 0 Å². The van der Waals surface area contributed by atoms with Gasteiger partial charge in [0.1, 0.15) is 5.82 Å². The van der Waals surface area contributed by atoms with Gasteiger partial charge in [-0.1, -0.05) is 30.3 Å². The normalized spacial score (nSPS) is 12.1. The van der Waals surface area contributed by atoms with E-state index >= 15 is 0 Å². The van der Waals surface area contributed by atoms with E-state index in [0.29, 0.717) is 18.5 Å². The number of nitro benzene ring substituents is 1. The summed E-state index contributed by atoms with van der Waals surface area (Å²) in [6, 6.07) is 13.3. The molecule has 5 heteroatoms. The maximum Gasteiger partial charge on any atom is 0.269 e. The van der Waals surface area contributed by atoms with Crippen molar-refractivity contribution in [1.29, 1.82) is 0 Å². The molecular formula is C16H17FN2O2. The Hall–Kier alpha value is -2.27. The Bertz CT molecular complexity index is 614. The number of hydrogen-bond donors (Lipinski definition) is 1. The van der Waals surface area contributed by atoms with E-state index in [-0.39, 0.29) is 17.5 Å². The summed E-state index contributed by atoms with van der Waals surface area (Å²) in [7, 11) is 0. The summed E-state index contributed by atoms with van der Waals surface area (Å²) < 4.78 is 13.5. The van der Waals surface area contributed by atoms with Crippen molar-refractivity contribution in [2.24, 2.45) is 0 Å². The molecule has 0 aromatic heterocycles.